The Morgan fingerprint density at radius 3 is 2.95 bits per heavy atom. The molecule has 1 aromatic carbocycles. The van der Waals surface area contributed by atoms with Crippen LogP contribution in [0.2, 0.25) is 5.02 Å². The van der Waals surface area contributed by atoms with Gasteiger partial charge in [-0.3, -0.25) is 9.59 Å². The van der Waals surface area contributed by atoms with Gasteiger partial charge in [0, 0.05) is 13.6 Å². The van der Waals surface area contributed by atoms with Crippen LogP contribution in [0.4, 0.5) is 5.69 Å². The predicted octanol–water partition coefficient (Wildman–Crippen LogP) is 0.509. The number of nitrogen functional groups attached to an aromatic ring is 1. The molecule has 1 heterocycles. The summed E-state index contributed by atoms with van der Waals surface area (Å²) in [5.74, 6) is -0.586. The monoisotopic (exact) mass is 297 g/mol. The number of rotatable bonds is 2. The van der Waals surface area contributed by atoms with Crippen molar-refractivity contribution < 1.29 is 14.3 Å². The lowest BCUT2D eigenvalue weighted by Gasteiger charge is -2.34. The summed E-state index contributed by atoms with van der Waals surface area (Å²) in [6.45, 7) is 0.895. The molecular formula is C13H16ClN3O3. The highest BCUT2D eigenvalue weighted by Gasteiger charge is 2.33. The molecule has 0 bridgehead atoms. The molecule has 2 amide bonds. The average Bonchev–Trinajstić information content (AvgIpc) is 2.48. The van der Waals surface area contributed by atoms with E-state index in [-0.39, 0.29) is 23.4 Å². The van der Waals surface area contributed by atoms with Crippen molar-refractivity contribution in [1.82, 2.24) is 10.2 Å². The number of benzene rings is 1. The van der Waals surface area contributed by atoms with E-state index in [2.05, 4.69) is 5.32 Å². The van der Waals surface area contributed by atoms with Gasteiger partial charge >= 0.3 is 0 Å². The van der Waals surface area contributed by atoms with Gasteiger partial charge in [-0.2, -0.15) is 0 Å². The van der Waals surface area contributed by atoms with Gasteiger partial charge in [0.2, 0.25) is 5.91 Å². The van der Waals surface area contributed by atoms with E-state index in [9.17, 15) is 9.59 Å². The van der Waals surface area contributed by atoms with E-state index >= 15 is 0 Å². The molecule has 1 aliphatic heterocycles. The third kappa shape index (κ3) is 2.71. The largest absolute Gasteiger partial charge is 0.398 e. The Balaban J connectivity index is 2.30. The van der Waals surface area contributed by atoms with Crippen molar-refractivity contribution >= 4 is 29.1 Å². The summed E-state index contributed by atoms with van der Waals surface area (Å²) in [6.07, 6.45) is 0. The van der Waals surface area contributed by atoms with E-state index in [1.54, 1.807) is 18.2 Å². The number of halogens is 1. The highest BCUT2D eigenvalue weighted by Crippen LogP contribution is 2.25. The van der Waals surface area contributed by atoms with Crippen LogP contribution < -0.4 is 11.1 Å². The molecule has 3 N–H and O–H groups in total. The normalized spacial score (nSPS) is 18.7. The maximum atomic E-state index is 12.6. The van der Waals surface area contributed by atoms with Gasteiger partial charge in [0.25, 0.3) is 5.91 Å². The van der Waals surface area contributed by atoms with Crippen LogP contribution in [0.5, 0.6) is 0 Å². The first kappa shape index (κ1) is 14.6. The summed E-state index contributed by atoms with van der Waals surface area (Å²) in [4.78, 5) is 25.8. The van der Waals surface area contributed by atoms with Crippen molar-refractivity contribution in [3.63, 3.8) is 0 Å². The van der Waals surface area contributed by atoms with Gasteiger partial charge in [0.05, 0.1) is 29.5 Å². The Morgan fingerprint density at radius 1 is 1.50 bits per heavy atom. The third-order valence-electron chi connectivity index (χ3n) is 3.20. The Labute approximate surface area is 121 Å². The van der Waals surface area contributed by atoms with Crippen molar-refractivity contribution in [1.29, 1.82) is 0 Å². The molecule has 0 aromatic heterocycles. The van der Waals surface area contributed by atoms with Crippen LogP contribution in [0.3, 0.4) is 0 Å². The molecule has 2 rings (SSSR count). The SMILES string of the molecule is CNC(=O)C1COCCN1C(=O)c1cccc(N)c1Cl. The van der Waals surface area contributed by atoms with Gasteiger partial charge in [-0.1, -0.05) is 17.7 Å². The fourth-order valence-corrected chi connectivity index (χ4v) is 2.31. The number of nitrogens with two attached hydrogens (primary N) is 1. The topological polar surface area (TPSA) is 84.7 Å². The number of likely N-dealkylation sites (N-methyl/N-ethyl adjacent to an activating group) is 1. The quantitative estimate of drug-likeness (QED) is 0.779. The Kier molecular flexibility index (Phi) is 4.46. The lowest BCUT2D eigenvalue weighted by Crippen LogP contribution is -2.55. The zero-order valence-electron chi connectivity index (χ0n) is 11.1. The maximum absolute atomic E-state index is 12.6. The number of amides is 2. The highest BCUT2D eigenvalue weighted by atomic mass is 35.5. The summed E-state index contributed by atoms with van der Waals surface area (Å²) in [7, 11) is 1.52. The third-order valence-corrected chi connectivity index (χ3v) is 3.62. The van der Waals surface area contributed by atoms with Gasteiger partial charge < -0.3 is 20.7 Å². The molecule has 6 nitrogen and oxygen atoms in total. The molecule has 108 valence electrons. The lowest BCUT2D eigenvalue weighted by molar-refractivity contribution is -0.130. The van der Waals surface area contributed by atoms with Crippen LogP contribution in [-0.4, -0.2) is 49.6 Å². The number of ether oxygens (including phenoxy) is 1. The molecule has 7 heteroatoms. The Morgan fingerprint density at radius 2 is 2.25 bits per heavy atom. The van der Waals surface area contributed by atoms with Crippen molar-refractivity contribution in [2.75, 3.05) is 32.5 Å². The second-order valence-electron chi connectivity index (χ2n) is 4.41. The van der Waals surface area contributed by atoms with E-state index in [4.69, 9.17) is 22.1 Å². The fraction of sp³-hybridized carbons (Fsp3) is 0.385. The smallest absolute Gasteiger partial charge is 0.256 e. The van der Waals surface area contributed by atoms with E-state index in [1.165, 1.54) is 11.9 Å². The molecule has 1 unspecified atom stereocenters. The van der Waals surface area contributed by atoms with Crippen LogP contribution in [0.1, 0.15) is 10.4 Å². The molecule has 0 aliphatic carbocycles. The summed E-state index contributed by atoms with van der Waals surface area (Å²) < 4.78 is 5.26. The molecule has 1 aromatic rings. The standard InChI is InChI=1S/C13H16ClN3O3/c1-16-12(18)10-7-20-6-5-17(10)13(19)8-3-2-4-9(15)11(8)14/h2-4,10H,5-7,15H2,1H3,(H,16,18). The number of hydrogen-bond acceptors (Lipinski definition) is 4. The minimum atomic E-state index is -0.654. The fourth-order valence-electron chi connectivity index (χ4n) is 2.10. The first-order valence-electron chi connectivity index (χ1n) is 6.20. The number of nitrogens with one attached hydrogen (secondary N) is 1. The van der Waals surface area contributed by atoms with E-state index in [1.807, 2.05) is 0 Å². The number of nitrogens with zero attached hydrogens (tertiary/aromatic N) is 1. The summed E-state index contributed by atoms with van der Waals surface area (Å²) in [5, 5.41) is 2.73. The summed E-state index contributed by atoms with van der Waals surface area (Å²) in [5.41, 5.74) is 6.33. The predicted molar refractivity (Wildman–Crippen MR) is 75.6 cm³/mol. The number of morpholine rings is 1. The molecule has 1 atom stereocenters. The van der Waals surface area contributed by atoms with Gasteiger partial charge in [0.1, 0.15) is 6.04 Å². The summed E-state index contributed by atoms with van der Waals surface area (Å²) >= 11 is 6.06. The van der Waals surface area contributed by atoms with Gasteiger partial charge in [-0.15, -0.1) is 0 Å². The van der Waals surface area contributed by atoms with Crippen LogP contribution in [0.25, 0.3) is 0 Å². The number of anilines is 1. The maximum Gasteiger partial charge on any atom is 0.256 e. The zero-order chi connectivity index (χ0) is 14.7. The van der Waals surface area contributed by atoms with Crippen LogP contribution in [-0.2, 0) is 9.53 Å². The molecule has 0 saturated carbocycles. The van der Waals surface area contributed by atoms with Crippen molar-refractivity contribution in [3.05, 3.63) is 28.8 Å². The van der Waals surface area contributed by atoms with E-state index in [0.29, 0.717) is 24.4 Å². The van der Waals surface area contributed by atoms with Crippen LogP contribution in [0, 0.1) is 0 Å². The van der Waals surface area contributed by atoms with Gasteiger partial charge in [-0.05, 0) is 12.1 Å². The summed E-state index contributed by atoms with van der Waals surface area (Å²) in [6, 6.07) is 4.22. The first-order valence-corrected chi connectivity index (χ1v) is 6.58. The molecule has 20 heavy (non-hydrogen) atoms. The second-order valence-corrected chi connectivity index (χ2v) is 4.79. The number of carbonyl (C=O) groups is 2. The number of carbonyl (C=O) groups excluding carboxylic acids is 2. The molecular weight excluding hydrogens is 282 g/mol. The van der Waals surface area contributed by atoms with E-state index < -0.39 is 6.04 Å². The minimum absolute atomic E-state index is 0.172. The minimum Gasteiger partial charge on any atom is -0.398 e. The van der Waals surface area contributed by atoms with Crippen LogP contribution >= 0.6 is 11.6 Å². The molecule has 1 saturated heterocycles. The van der Waals surface area contributed by atoms with Crippen LogP contribution in [0.15, 0.2) is 18.2 Å². The highest BCUT2D eigenvalue weighted by molar-refractivity contribution is 6.36. The average molecular weight is 298 g/mol. The molecule has 0 spiro atoms. The lowest BCUT2D eigenvalue weighted by atomic mass is 10.1. The Bertz CT molecular complexity index is 536. The van der Waals surface area contributed by atoms with Gasteiger partial charge in [-0.25, -0.2) is 0 Å². The molecule has 1 aliphatic rings. The zero-order valence-corrected chi connectivity index (χ0v) is 11.8. The van der Waals surface area contributed by atoms with Crippen molar-refractivity contribution in [3.8, 4) is 0 Å². The van der Waals surface area contributed by atoms with Gasteiger partial charge in [0.15, 0.2) is 0 Å². The molecule has 0 radical (unpaired) electrons. The van der Waals surface area contributed by atoms with E-state index in [0.717, 1.165) is 0 Å². The molecule has 1 fully saturated rings. The van der Waals surface area contributed by atoms with Crippen molar-refractivity contribution in [2.24, 2.45) is 0 Å². The number of hydrogen-bond donors (Lipinski definition) is 2. The second kappa shape index (κ2) is 6.11. The van der Waals surface area contributed by atoms with Crippen molar-refractivity contribution in [2.45, 2.75) is 6.04 Å². The first-order chi connectivity index (χ1) is 9.56. The Hall–Kier alpha value is -1.79.